The second-order valence-electron chi connectivity index (χ2n) is 5.08. The second-order valence-corrected chi connectivity index (χ2v) is 5.08. The summed E-state index contributed by atoms with van der Waals surface area (Å²) >= 11 is 0. The average Bonchev–Trinajstić information content (AvgIpc) is 2.48. The Labute approximate surface area is 114 Å². The van der Waals surface area contributed by atoms with Crippen molar-refractivity contribution in [2.75, 3.05) is 7.11 Å². The number of esters is 1. The number of benzene rings is 1. The highest BCUT2D eigenvalue weighted by Crippen LogP contribution is 2.29. The molecule has 1 saturated carbocycles. The molecule has 3 nitrogen and oxygen atoms in total. The van der Waals surface area contributed by atoms with Gasteiger partial charge in [-0.05, 0) is 43.7 Å². The molecule has 0 amide bonds. The van der Waals surface area contributed by atoms with Crippen LogP contribution < -0.4 is 4.74 Å². The van der Waals surface area contributed by atoms with E-state index in [1.54, 1.807) is 0 Å². The van der Waals surface area contributed by atoms with Gasteiger partial charge in [0.25, 0.3) is 0 Å². The number of carbonyl (C=O) groups is 1. The summed E-state index contributed by atoms with van der Waals surface area (Å²) in [6, 6.07) is 8.19. The number of rotatable bonds is 4. The molecular formula is C16H22O3. The monoisotopic (exact) mass is 262 g/mol. The molecule has 0 radical (unpaired) electrons. The van der Waals surface area contributed by atoms with E-state index < -0.39 is 0 Å². The van der Waals surface area contributed by atoms with Crippen molar-refractivity contribution in [3.63, 3.8) is 0 Å². The van der Waals surface area contributed by atoms with Crippen LogP contribution in [-0.2, 0) is 16.0 Å². The van der Waals surface area contributed by atoms with E-state index in [2.05, 4.69) is 13.0 Å². The Morgan fingerprint density at radius 1 is 1.21 bits per heavy atom. The normalized spacial score (nSPS) is 22.8. The van der Waals surface area contributed by atoms with Crippen LogP contribution in [0.2, 0.25) is 0 Å². The first kappa shape index (κ1) is 13.9. The minimum absolute atomic E-state index is 0.0614. The minimum atomic E-state index is -0.0765. The molecular weight excluding hydrogens is 240 g/mol. The van der Waals surface area contributed by atoms with Gasteiger partial charge in [0.2, 0.25) is 0 Å². The van der Waals surface area contributed by atoms with Gasteiger partial charge in [-0.25, -0.2) is 0 Å². The molecule has 0 heterocycles. The van der Waals surface area contributed by atoms with Crippen molar-refractivity contribution in [1.29, 1.82) is 0 Å². The van der Waals surface area contributed by atoms with Crippen LogP contribution in [0.4, 0.5) is 0 Å². The second kappa shape index (κ2) is 6.60. The average molecular weight is 262 g/mol. The van der Waals surface area contributed by atoms with E-state index >= 15 is 0 Å². The van der Waals surface area contributed by atoms with Crippen LogP contribution in [0.3, 0.4) is 0 Å². The highest BCUT2D eigenvalue weighted by Gasteiger charge is 2.28. The molecule has 1 aromatic rings. The molecule has 1 aromatic carbocycles. The number of methoxy groups -OCH3 is 1. The van der Waals surface area contributed by atoms with Gasteiger partial charge >= 0.3 is 5.97 Å². The summed E-state index contributed by atoms with van der Waals surface area (Å²) < 4.78 is 10.9. The van der Waals surface area contributed by atoms with Crippen LogP contribution >= 0.6 is 0 Å². The van der Waals surface area contributed by atoms with Crippen molar-refractivity contribution in [1.82, 2.24) is 0 Å². The summed E-state index contributed by atoms with van der Waals surface area (Å²) in [6.45, 7) is 2.14. The maximum absolute atomic E-state index is 11.5. The predicted octanol–water partition coefficient (Wildman–Crippen LogP) is 3.36. The first-order valence-electron chi connectivity index (χ1n) is 7.07. The molecule has 1 aliphatic carbocycles. The van der Waals surface area contributed by atoms with Gasteiger partial charge in [-0.2, -0.15) is 0 Å². The quantitative estimate of drug-likeness (QED) is 0.780. The van der Waals surface area contributed by atoms with Gasteiger partial charge in [0, 0.05) is 0 Å². The van der Waals surface area contributed by atoms with E-state index in [1.807, 2.05) is 18.2 Å². The molecule has 104 valence electrons. The molecule has 0 bridgehead atoms. The standard InChI is InChI=1S/C16H22O3/c1-3-12-6-4-5-7-15(12)19-14-10-8-13(9-11-14)16(17)18-2/h4-7,13-14H,3,8-11H2,1-2H3. The zero-order valence-electron chi connectivity index (χ0n) is 11.7. The van der Waals surface area contributed by atoms with Crippen molar-refractivity contribution in [2.45, 2.75) is 45.1 Å². The van der Waals surface area contributed by atoms with E-state index in [0.29, 0.717) is 0 Å². The Bertz CT molecular complexity index is 420. The van der Waals surface area contributed by atoms with Crippen molar-refractivity contribution >= 4 is 5.97 Å². The first-order valence-corrected chi connectivity index (χ1v) is 7.07. The molecule has 19 heavy (non-hydrogen) atoms. The number of aryl methyl sites for hydroxylation is 1. The summed E-state index contributed by atoms with van der Waals surface area (Å²) in [5.41, 5.74) is 1.25. The lowest BCUT2D eigenvalue weighted by Gasteiger charge is -2.28. The van der Waals surface area contributed by atoms with E-state index in [0.717, 1.165) is 37.9 Å². The molecule has 0 aliphatic heterocycles. The van der Waals surface area contributed by atoms with E-state index in [-0.39, 0.29) is 18.0 Å². The Morgan fingerprint density at radius 2 is 1.89 bits per heavy atom. The molecule has 0 N–H and O–H groups in total. The maximum atomic E-state index is 11.5. The molecule has 0 aromatic heterocycles. The Hall–Kier alpha value is -1.51. The molecule has 0 unspecified atom stereocenters. The summed E-state index contributed by atoms with van der Waals surface area (Å²) in [5.74, 6) is 0.977. The van der Waals surface area contributed by atoms with E-state index in [4.69, 9.17) is 9.47 Å². The van der Waals surface area contributed by atoms with Crippen LogP contribution in [0, 0.1) is 5.92 Å². The maximum Gasteiger partial charge on any atom is 0.308 e. The summed E-state index contributed by atoms with van der Waals surface area (Å²) in [7, 11) is 1.46. The lowest BCUT2D eigenvalue weighted by Crippen LogP contribution is -2.28. The number of hydrogen-bond acceptors (Lipinski definition) is 3. The number of hydrogen-bond donors (Lipinski definition) is 0. The predicted molar refractivity (Wildman–Crippen MR) is 74.2 cm³/mol. The molecule has 0 atom stereocenters. The lowest BCUT2D eigenvalue weighted by molar-refractivity contribution is -0.147. The van der Waals surface area contributed by atoms with E-state index in [9.17, 15) is 4.79 Å². The fraction of sp³-hybridized carbons (Fsp3) is 0.562. The van der Waals surface area contributed by atoms with Crippen LogP contribution in [0.5, 0.6) is 5.75 Å². The first-order chi connectivity index (χ1) is 9.24. The Morgan fingerprint density at radius 3 is 2.53 bits per heavy atom. The summed E-state index contributed by atoms with van der Waals surface area (Å²) in [5, 5.41) is 0. The molecule has 2 rings (SSSR count). The number of para-hydroxylation sites is 1. The third-order valence-corrected chi connectivity index (χ3v) is 3.86. The zero-order chi connectivity index (χ0) is 13.7. The summed E-state index contributed by atoms with van der Waals surface area (Å²) in [4.78, 5) is 11.5. The fourth-order valence-electron chi connectivity index (χ4n) is 2.67. The smallest absolute Gasteiger partial charge is 0.308 e. The molecule has 1 fully saturated rings. The third-order valence-electron chi connectivity index (χ3n) is 3.86. The van der Waals surface area contributed by atoms with Gasteiger partial charge in [0.1, 0.15) is 5.75 Å². The lowest BCUT2D eigenvalue weighted by atomic mass is 9.87. The van der Waals surface area contributed by atoms with Gasteiger partial charge in [-0.1, -0.05) is 25.1 Å². The summed E-state index contributed by atoms with van der Waals surface area (Å²) in [6.07, 6.45) is 4.80. The van der Waals surface area contributed by atoms with Crippen molar-refractivity contribution in [3.8, 4) is 5.75 Å². The molecule has 0 saturated heterocycles. The molecule has 3 heteroatoms. The van der Waals surface area contributed by atoms with Crippen molar-refractivity contribution in [2.24, 2.45) is 5.92 Å². The number of carbonyl (C=O) groups excluding carboxylic acids is 1. The van der Waals surface area contributed by atoms with Crippen LogP contribution in [-0.4, -0.2) is 19.2 Å². The van der Waals surface area contributed by atoms with Gasteiger partial charge in [0.05, 0.1) is 19.1 Å². The fourth-order valence-corrected chi connectivity index (χ4v) is 2.67. The van der Waals surface area contributed by atoms with Gasteiger partial charge in [-0.3, -0.25) is 4.79 Å². The largest absolute Gasteiger partial charge is 0.490 e. The van der Waals surface area contributed by atoms with Gasteiger partial charge in [0.15, 0.2) is 0 Å². The van der Waals surface area contributed by atoms with Crippen molar-refractivity contribution < 1.29 is 14.3 Å². The highest BCUT2D eigenvalue weighted by molar-refractivity contribution is 5.72. The topological polar surface area (TPSA) is 35.5 Å². The van der Waals surface area contributed by atoms with Crippen LogP contribution in [0.25, 0.3) is 0 Å². The van der Waals surface area contributed by atoms with E-state index in [1.165, 1.54) is 12.7 Å². The third kappa shape index (κ3) is 3.49. The van der Waals surface area contributed by atoms with Crippen molar-refractivity contribution in [3.05, 3.63) is 29.8 Å². The SMILES string of the molecule is CCc1ccccc1OC1CCC(C(=O)OC)CC1. The Balaban J connectivity index is 1.90. The minimum Gasteiger partial charge on any atom is -0.490 e. The Kier molecular flexibility index (Phi) is 4.83. The molecule has 1 aliphatic rings. The highest BCUT2D eigenvalue weighted by atomic mass is 16.5. The van der Waals surface area contributed by atoms with Crippen LogP contribution in [0.15, 0.2) is 24.3 Å². The van der Waals surface area contributed by atoms with Crippen LogP contribution in [0.1, 0.15) is 38.2 Å². The van der Waals surface area contributed by atoms with Gasteiger partial charge in [-0.15, -0.1) is 0 Å². The molecule has 0 spiro atoms. The zero-order valence-corrected chi connectivity index (χ0v) is 11.7. The van der Waals surface area contributed by atoms with Gasteiger partial charge < -0.3 is 9.47 Å². The number of ether oxygens (including phenoxy) is 2.